The molecule has 0 saturated carbocycles. The number of anilines is 1. The van der Waals surface area contributed by atoms with E-state index in [0.29, 0.717) is 23.6 Å². The van der Waals surface area contributed by atoms with Gasteiger partial charge in [0, 0.05) is 18.2 Å². The molecule has 6 heteroatoms. The molecule has 1 unspecified atom stereocenters. The molecule has 1 atom stereocenters. The zero-order valence-corrected chi connectivity index (χ0v) is 14.1. The molecule has 0 aliphatic carbocycles. The van der Waals surface area contributed by atoms with Crippen molar-refractivity contribution in [1.29, 1.82) is 0 Å². The van der Waals surface area contributed by atoms with Gasteiger partial charge in [-0.3, -0.25) is 9.59 Å². The molecule has 0 spiro atoms. The zero-order chi connectivity index (χ0) is 18.0. The summed E-state index contributed by atoms with van der Waals surface area (Å²) >= 11 is 0. The number of para-hydroxylation sites is 2. The Kier molecular flexibility index (Phi) is 4.61. The SMILES string of the molecule is COc1cccc(C(=O)N2CC(CC(=O)O)c3ccccc32)c1OC. The largest absolute Gasteiger partial charge is 0.493 e. The lowest BCUT2D eigenvalue weighted by Gasteiger charge is -2.20. The van der Waals surface area contributed by atoms with E-state index in [1.807, 2.05) is 24.3 Å². The molecular weight excluding hydrogens is 322 g/mol. The summed E-state index contributed by atoms with van der Waals surface area (Å²) < 4.78 is 10.6. The molecule has 6 nitrogen and oxygen atoms in total. The first-order valence-corrected chi connectivity index (χ1v) is 7.90. The van der Waals surface area contributed by atoms with Gasteiger partial charge in [-0.25, -0.2) is 0 Å². The Morgan fingerprint density at radius 2 is 1.88 bits per heavy atom. The van der Waals surface area contributed by atoms with Gasteiger partial charge in [0.15, 0.2) is 11.5 Å². The van der Waals surface area contributed by atoms with Crippen LogP contribution in [-0.4, -0.2) is 37.7 Å². The Morgan fingerprint density at radius 1 is 1.12 bits per heavy atom. The molecule has 0 fully saturated rings. The number of ether oxygens (including phenoxy) is 2. The van der Waals surface area contributed by atoms with Crippen molar-refractivity contribution in [2.45, 2.75) is 12.3 Å². The molecule has 1 aliphatic heterocycles. The zero-order valence-electron chi connectivity index (χ0n) is 14.1. The lowest BCUT2D eigenvalue weighted by molar-refractivity contribution is -0.137. The van der Waals surface area contributed by atoms with Crippen molar-refractivity contribution in [1.82, 2.24) is 0 Å². The van der Waals surface area contributed by atoms with Crippen LogP contribution in [0.15, 0.2) is 42.5 Å². The maximum absolute atomic E-state index is 13.1. The predicted molar refractivity (Wildman–Crippen MR) is 92.7 cm³/mol. The number of nitrogens with zero attached hydrogens (tertiary/aromatic N) is 1. The number of fused-ring (bicyclic) bond motifs is 1. The van der Waals surface area contributed by atoms with Crippen LogP contribution >= 0.6 is 0 Å². The van der Waals surface area contributed by atoms with Crippen LogP contribution in [0.1, 0.15) is 28.3 Å². The summed E-state index contributed by atoms with van der Waals surface area (Å²) in [7, 11) is 3.00. The number of aliphatic carboxylic acids is 1. The number of carbonyl (C=O) groups is 2. The van der Waals surface area contributed by atoms with E-state index >= 15 is 0 Å². The van der Waals surface area contributed by atoms with E-state index in [2.05, 4.69) is 0 Å². The normalized spacial score (nSPS) is 15.6. The number of carboxylic acids is 1. The van der Waals surface area contributed by atoms with Gasteiger partial charge in [-0.2, -0.15) is 0 Å². The minimum atomic E-state index is -0.881. The number of benzene rings is 2. The number of carbonyl (C=O) groups excluding carboxylic acids is 1. The van der Waals surface area contributed by atoms with E-state index in [0.717, 1.165) is 11.3 Å². The number of amides is 1. The topological polar surface area (TPSA) is 76.1 Å². The van der Waals surface area contributed by atoms with Gasteiger partial charge in [-0.15, -0.1) is 0 Å². The fourth-order valence-electron chi connectivity index (χ4n) is 3.27. The molecule has 2 aromatic rings. The molecule has 0 bridgehead atoms. The van der Waals surface area contributed by atoms with Crippen LogP contribution < -0.4 is 14.4 Å². The molecule has 0 aromatic heterocycles. The number of hydrogen-bond donors (Lipinski definition) is 1. The third-order valence-corrected chi connectivity index (χ3v) is 4.37. The predicted octanol–water partition coefficient (Wildman–Crippen LogP) is 2.92. The van der Waals surface area contributed by atoms with Gasteiger partial charge in [0.05, 0.1) is 26.2 Å². The van der Waals surface area contributed by atoms with Crippen molar-refractivity contribution in [3.8, 4) is 11.5 Å². The van der Waals surface area contributed by atoms with E-state index in [1.165, 1.54) is 14.2 Å². The summed E-state index contributed by atoms with van der Waals surface area (Å²) in [6, 6.07) is 12.5. The van der Waals surface area contributed by atoms with Crippen LogP contribution in [0, 0.1) is 0 Å². The molecule has 1 aliphatic rings. The first-order valence-electron chi connectivity index (χ1n) is 7.90. The fraction of sp³-hybridized carbons (Fsp3) is 0.263. The summed E-state index contributed by atoms with van der Waals surface area (Å²) in [5.41, 5.74) is 2.00. The van der Waals surface area contributed by atoms with Crippen molar-refractivity contribution < 1.29 is 24.2 Å². The Morgan fingerprint density at radius 3 is 2.56 bits per heavy atom. The highest BCUT2D eigenvalue weighted by molar-refractivity contribution is 6.09. The van der Waals surface area contributed by atoms with E-state index in [1.54, 1.807) is 23.1 Å². The second-order valence-corrected chi connectivity index (χ2v) is 5.81. The Hall–Kier alpha value is -3.02. The second-order valence-electron chi connectivity index (χ2n) is 5.81. The van der Waals surface area contributed by atoms with Gasteiger partial charge in [0.2, 0.25) is 0 Å². The van der Waals surface area contributed by atoms with Gasteiger partial charge in [0.1, 0.15) is 0 Å². The number of carboxylic acid groups (broad SMARTS) is 1. The Bertz CT molecular complexity index is 817. The number of hydrogen-bond acceptors (Lipinski definition) is 4. The van der Waals surface area contributed by atoms with Gasteiger partial charge < -0.3 is 19.5 Å². The summed E-state index contributed by atoms with van der Waals surface area (Å²) in [6.07, 6.45) is -0.0178. The first-order chi connectivity index (χ1) is 12.1. The van der Waals surface area contributed by atoms with Crippen LogP contribution in [-0.2, 0) is 4.79 Å². The summed E-state index contributed by atoms with van der Waals surface area (Å²) in [5, 5.41) is 9.15. The highest BCUT2D eigenvalue weighted by Gasteiger charge is 2.35. The van der Waals surface area contributed by atoms with E-state index in [-0.39, 0.29) is 18.2 Å². The monoisotopic (exact) mass is 341 g/mol. The first kappa shape index (κ1) is 16.8. The van der Waals surface area contributed by atoms with Crippen LogP contribution in [0.2, 0.25) is 0 Å². The Balaban J connectivity index is 2.00. The van der Waals surface area contributed by atoms with Gasteiger partial charge in [-0.05, 0) is 23.8 Å². The smallest absolute Gasteiger partial charge is 0.304 e. The van der Waals surface area contributed by atoms with Crippen molar-refractivity contribution in [3.05, 3.63) is 53.6 Å². The van der Waals surface area contributed by atoms with Crippen LogP contribution in [0.3, 0.4) is 0 Å². The molecule has 1 heterocycles. The summed E-state index contributed by atoms with van der Waals surface area (Å²) in [5.74, 6) is -0.504. The number of methoxy groups -OCH3 is 2. The third-order valence-electron chi connectivity index (χ3n) is 4.37. The summed E-state index contributed by atoms with van der Waals surface area (Å²) in [4.78, 5) is 25.9. The van der Waals surface area contributed by atoms with Crippen LogP contribution in [0.25, 0.3) is 0 Å². The lowest BCUT2D eigenvalue weighted by atomic mass is 9.98. The molecular formula is C19H19NO5. The fourth-order valence-corrected chi connectivity index (χ4v) is 3.27. The van der Waals surface area contributed by atoms with Crippen molar-refractivity contribution in [3.63, 3.8) is 0 Å². The summed E-state index contributed by atoms with van der Waals surface area (Å²) in [6.45, 7) is 0.324. The highest BCUT2D eigenvalue weighted by Crippen LogP contribution is 2.40. The second kappa shape index (κ2) is 6.84. The standard InChI is InChI=1S/C19H19NO5/c1-24-16-9-5-7-14(18(16)25-2)19(23)20-11-12(10-17(21)22)13-6-3-4-8-15(13)20/h3-9,12H,10-11H2,1-2H3,(H,21,22). The Labute approximate surface area is 145 Å². The van der Waals surface area contributed by atoms with E-state index in [4.69, 9.17) is 14.6 Å². The average molecular weight is 341 g/mol. The minimum absolute atomic E-state index is 0.0178. The van der Waals surface area contributed by atoms with Crippen molar-refractivity contribution in [2.75, 3.05) is 25.7 Å². The molecule has 3 rings (SSSR count). The molecule has 1 N–H and O–H groups in total. The highest BCUT2D eigenvalue weighted by atomic mass is 16.5. The molecule has 2 aromatic carbocycles. The maximum Gasteiger partial charge on any atom is 0.304 e. The molecule has 0 saturated heterocycles. The lowest BCUT2D eigenvalue weighted by Crippen LogP contribution is -2.30. The quantitative estimate of drug-likeness (QED) is 0.905. The van der Waals surface area contributed by atoms with Crippen LogP contribution in [0.5, 0.6) is 11.5 Å². The van der Waals surface area contributed by atoms with Crippen molar-refractivity contribution >= 4 is 17.6 Å². The van der Waals surface area contributed by atoms with Crippen molar-refractivity contribution in [2.24, 2.45) is 0 Å². The molecule has 25 heavy (non-hydrogen) atoms. The number of rotatable bonds is 5. The molecule has 130 valence electrons. The average Bonchev–Trinajstić information content (AvgIpc) is 2.98. The van der Waals surface area contributed by atoms with E-state index in [9.17, 15) is 9.59 Å². The third kappa shape index (κ3) is 3.03. The minimum Gasteiger partial charge on any atom is -0.493 e. The molecule has 0 radical (unpaired) electrons. The molecule has 1 amide bonds. The maximum atomic E-state index is 13.1. The van der Waals surface area contributed by atoms with E-state index < -0.39 is 5.97 Å². The van der Waals surface area contributed by atoms with Gasteiger partial charge in [-0.1, -0.05) is 24.3 Å². The van der Waals surface area contributed by atoms with Gasteiger partial charge >= 0.3 is 5.97 Å². The van der Waals surface area contributed by atoms with Gasteiger partial charge in [0.25, 0.3) is 5.91 Å². The van der Waals surface area contributed by atoms with Crippen LogP contribution in [0.4, 0.5) is 5.69 Å².